The second-order valence-electron chi connectivity index (χ2n) is 22.6. The molecular formula is C78H45N9S3. The van der Waals surface area contributed by atoms with Gasteiger partial charge in [0.1, 0.15) is 15.0 Å². The maximum atomic E-state index is 5.35. The normalized spacial score (nSPS) is 12.0. The van der Waals surface area contributed by atoms with Gasteiger partial charge >= 0.3 is 0 Å². The van der Waals surface area contributed by atoms with Crippen molar-refractivity contribution in [3.8, 4) is 82.9 Å². The molecule has 0 amide bonds. The Balaban J connectivity index is 0.755. The highest BCUT2D eigenvalue weighted by Crippen LogP contribution is 2.45. The highest BCUT2D eigenvalue weighted by atomic mass is 32.1. The second-order valence-corrected chi connectivity index (χ2v) is 25.6. The molecule has 19 aromatic rings. The maximum absolute atomic E-state index is 5.35. The van der Waals surface area contributed by atoms with Crippen molar-refractivity contribution in [3.05, 3.63) is 273 Å². The summed E-state index contributed by atoms with van der Waals surface area (Å²) in [4.78, 5) is 31.5. The molecule has 19 rings (SSSR count). The molecule has 12 heteroatoms. The maximum Gasteiger partial charge on any atom is 0.164 e. The molecule has 0 aliphatic heterocycles. The Kier molecular flexibility index (Phi) is 11.4. The summed E-state index contributed by atoms with van der Waals surface area (Å²) < 4.78 is 10.6. The quantitative estimate of drug-likeness (QED) is 0.143. The average molecular weight is 1200 g/mol. The summed E-state index contributed by atoms with van der Waals surface area (Å²) >= 11 is 5.22. The van der Waals surface area contributed by atoms with Gasteiger partial charge in [-0.2, -0.15) is 0 Å². The zero-order valence-corrected chi connectivity index (χ0v) is 50.2. The molecule has 0 saturated carbocycles. The SMILES string of the molecule is c1ccc(-c2nc3ccc4c5ccccc5n(-c5ccc(-c6nc(-c7ccc(-n8c9ccccc9c9ccc%10nc(-c%11ccccc%11)sc%10c98)cc7)nc(-c7ccc(-n8c9ccccc9c9ccc%10nc(-c%11ccccc%11)sc%10c98)cc7)n6)cc5)c4c3s2)cc1. The van der Waals surface area contributed by atoms with E-state index in [-0.39, 0.29) is 0 Å². The lowest BCUT2D eigenvalue weighted by atomic mass is 10.1. The van der Waals surface area contributed by atoms with E-state index in [1.807, 2.05) is 18.2 Å². The summed E-state index contributed by atoms with van der Waals surface area (Å²) in [7, 11) is 0. The molecule has 7 aromatic heterocycles. The van der Waals surface area contributed by atoms with E-state index in [0.717, 1.165) is 129 Å². The topological polar surface area (TPSA) is 92.1 Å². The Morgan fingerprint density at radius 2 is 0.478 bits per heavy atom. The summed E-state index contributed by atoms with van der Waals surface area (Å²) in [5.74, 6) is 1.72. The van der Waals surface area contributed by atoms with E-state index >= 15 is 0 Å². The van der Waals surface area contributed by atoms with Crippen molar-refractivity contribution in [2.75, 3.05) is 0 Å². The molecule has 0 spiro atoms. The van der Waals surface area contributed by atoms with Crippen molar-refractivity contribution in [2.45, 2.75) is 0 Å². The van der Waals surface area contributed by atoms with Crippen LogP contribution < -0.4 is 0 Å². The zero-order chi connectivity index (χ0) is 59.0. The molecule has 0 unspecified atom stereocenters. The third-order valence-electron chi connectivity index (χ3n) is 17.4. The van der Waals surface area contributed by atoms with Crippen molar-refractivity contribution in [1.82, 2.24) is 43.6 Å². The fourth-order valence-corrected chi connectivity index (χ4v) is 16.6. The fourth-order valence-electron chi connectivity index (χ4n) is 13.3. The van der Waals surface area contributed by atoms with Crippen LogP contribution in [0, 0.1) is 0 Å². The van der Waals surface area contributed by atoms with Gasteiger partial charge in [-0.3, -0.25) is 0 Å². The second kappa shape index (κ2) is 20.1. The molecule has 0 radical (unpaired) electrons. The molecule has 9 nitrogen and oxygen atoms in total. The molecule has 90 heavy (non-hydrogen) atoms. The summed E-state index contributed by atoms with van der Waals surface area (Å²) in [5, 5.41) is 10.1. The van der Waals surface area contributed by atoms with Crippen LogP contribution in [0.1, 0.15) is 0 Å². The van der Waals surface area contributed by atoms with Crippen molar-refractivity contribution >= 4 is 130 Å². The molecule has 0 atom stereocenters. The minimum atomic E-state index is 0.572. The summed E-state index contributed by atoms with van der Waals surface area (Å²) in [6, 6.07) is 96.5. The van der Waals surface area contributed by atoms with Gasteiger partial charge in [-0.1, -0.05) is 146 Å². The summed E-state index contributed by atoms with van der Waals surface area (Å²) in [6.45, 7) is 0. The monoisotopic (exact) mass is 1200 g/mol. The van der Waals surface area contributed by atoms with Gasteiger partial charge in [-0.15, -0.1) is 34.0 Å². The lowest BCUT2D eigenvalue weighted by Crippen LogP contribution is -2.01. The van der Waals surface area contributed by atoms with Crippen LogP contribution in [0.25, 0.3) is 179 Å². The third-order valence-corrected chi connectivity index (χ3v) is 20.8. The van der Waals surface area contributed by atoms with Crippen molar-refractivity contribution in [3.63, 3.8) is 0 Å². The van der Waals surface area contributed by atoms with Gasteiger partial charge in [0.15, 0.2) is 17.5 Å². The lowest BCUT2D eigenvalue weighted by molar-refractivity contribution is 1.07. The molecule has 0 N–H and O–H groups in total. The lowest BCUT2D eigenvalue weighted by Gasteiger charge is -2.12. The number of fused-ring (bicyclic) bond motifs is 15. The minimum absolute atomic E-state index is 0.572. The molecule has 0 aliphatic rings. The van der Waals surface area contributed by atoms with E-state index in [1.165, 1.54) is 32.3 Å². The smallest absolute Gasteiger partial charge is 0.164 e. The van der Waals surface area contributed by atoms with Gasteiger partial charge in [0, 0.05) is 82.8 Å². The average Bonchev–Trinajstić information content (AvgIpc) is 1.61. The van der Waals surface area contributed by atoms with E-state index < -0.39 is 0 Å². The van der Waals surface area contributed by atoms with Crippen molar-refractivity contribution in [2.24, 2.45) is 0 Å². The van der Waals surface area contributed by atoms with Crippen LogP contribution in [0.4, 0.5) is 0 Å². The number of aromatic nitrogens is 9. The first-order chi connectivity index (χ1) is 44.6. The van der Waals surface area contributed by atoms with Crippen LogP contribution in [-0.2, 0) is 0 Å². The van der Waals surface area contributed by atoms with Crippen molar-refractivity contribution in [1.29, 1.82) is 0 Å². The number of rotatable bonds is 9. The van der Waals surface area contributed by atoms with E-state index in [2.05, 4.69) is 268 Å². The van der Waals surface area contributed by atoms with Crippen LogP contribution in [0.5, 0.6) is 0 Å². The number of para-hydroxylation sites is 3. The van der Waals surface area contributed by atoms with Gasteiger partial charge in [0.05, 0.1) is 63.8 Å². The van der Waals surface area contributed by atoms with Gasteiger partial charge in [-0.25, -0.2) is 29.9 Å². The minimum Gasteiger partial charge on any atom is -0.308 e. The van der Waals surface area contributed by atoms with Crippen LogP contribution in [0.15, 0.2) is 273 Å². The molecule has 12 aromatic carbocycles. The van der Waals surface area contributed by atoms with E-state index in [1.54, 1.807) is 34.0 Å². The molecule has 0 bridgehead atoms. The van der Waals surface area contributed by atoms with Gasteiger partial charge in [0.2, 0.25) is 0 Å². The first-order valence-electron chi connectivity index (χ1n) is 29.8. The molecule has 0 fully saturated rings. The van der Waals surface area contributed by atoms with E-state index in [9.17, 15) is 0 Å². The summed E-state index contributed by atoms with van der Waals surface area (Å²) in [5.41, 5.74) is 18.8. The van der Waals surface area contributed by atoms with Gasteiger partial charge in [-0.05, 0) is 127 Å². The first kappa shape index (κ1) is 50.8. The van der Waals surface area contributed by atoms with Crippen LogP contribution in [0.3, 0.4) is 0 Å². The molecule has 7 heterocycles. The number of nitrogens with zero attached hydrogens (tertiary/aromatic N) is 9. The third kappa shape index (κ3) is 7.98. The number of hydrogen-bond acceptors (Lipinski definition) is 9. The van der Waals surface area contributed by atoms with E-state index in [0.29, 0.717) is 17.5 Å². The fraction of sp³-hybridized carbons (Fsp3) is 0. The molecular weight excluding hydrogens is 1160 g/mol. The Bertz CT molecular complexity index is 5460. The van der Waals surface area contributed by atoms with Crippen LogP contribution >= 0.6 is 34.0 Å². The number of benzene rings is 12. The largest absolute Gasteiger partial charge is 0.308 e. The predicted octanol–water partition coefficient (Wildman–Crippen LogP) is 21.0. The van der Waals surface area contributed by atoms with Gasteiger partial charge < -0.3 is 13.7 Å². The summed E-state index contributed by atoms with van der Waals surface area (Å²) in [6.07, 6.45) is 0. The zero-order valence-electron chi connectivity index (χ0n) is 47.7. The highest BCUT2D eigenvalue weighted by Gasteiger charge is 2.23. The van der Waals surface area contributed by atoms with Crippen LogP contribution in [0.2, 0.25) is 0 Å². The number of hydrogen-bond donors (Lipinski definition) is 0. The predicted molar refractivity (Wildman–Crippen MR) is 375 cm³/mol. The van der Waals surface area contributed by atoms with E-state index in [4.69, 9.17) is 29.9 Å². The first-order valence-corrected chi connectivity index (χ1v) is 32.3. The number of thiazole rings is 3. The Labute approximate surface area is 526 Å². The Morgan fingerprint density at radius 1 is 0.211 bits per heavy atom. The highest BCUT2D eigenvalue weighted by molar-refractivity contribution is 7.23. The molecule has 420 valence electrons. The van der Waals surface area contributed by atoms with Gasteiger partial charge in [0.25, 0.3) is 0 Å². The Hall–Kier alpha value is -11.3. The Morgan fingerprint density at radius 3 is 0.767 bits per heavy atom. The van der Waals surface area contributed by atoms with Crippen LogP contribution in [-0.4, -0.2) is 43.6 Å². The molecule has 0 aliphatic carbocycles. The van der Waals surface area contributed by atoms with Crippen molar-refractivity contribution < 1.29 is 0 Å². The molecule has 0 saturated heterocycles. The standard InChI is InChI=1S/C78H45N9S3/c1-4-16-49(17-5-1)76-79-61-43-40-58-55-22-10-13-25-64(55)85(67(58)70(61)88-76)52-34-28-46(29-35-52)73-82-74(47-30-36-53(37-31-47)86-65-26-14-11-23-56(65)59-41-44-62-71(68(59)86)89-77(80-62)50-18-6-2-7-19-50)84-75(83-73)48-32-38-54(39-33-48)87-66-27-15-12-24-57(66)60-42-45-63-72(69(60)87)90-78(81-63)51-20-8-3-9-21-51/h1-45H.